The van der Waals surface area contributed by atoms with E-state index in [1.807, 2.05) is 6.07 Å². The second-order valence-electron chi connectivity index (χ2n) is 5.60. The highest BCUT2D eigenvalue weighted by Crippen LogP contribution is 2.34. The summed E-state index contributed by atoms with van der Waals surface area (Å²) in [6, 6.07) is 4.83. The van der Waals surface area contributed by atoms with Gasteiger partial charge in [-0.25, -0.2) is 17.8 Å². The first-order chi connectivity index (χ1) is 11.8. The minimum Gasteiger partial charge on any atom is -0.493 e. The molecule has 0 spiro atoms. The maximum absolute atomic E-state index is 12.8. The summed E-state index contributed by atoms with van der Waals surface area (Å²) in [6.07, 6.45) is 1.32. The Labute approximate surface area is 143 Å². The maximum Gasteiger partial charge on any atom is 0.333 e. The average molecular weight is 373 g/mol. The van der Waals surface area contributed by atoms with Crippen LogP contribution in [0, 0.1) is 6.92 Å². The molecule has 2 aromatic rings. The van der Waals surface area contributed by atoms with Gasteiger partial charge in [0, 0.05) is 0 Å². The molecule has 0 bridgehead atoms. The quantitative estimate of drug-likeness (QED) is 0.865. The van der Waals surface area contributed by atoms with Gasteiger partial charge in [-0.3, -0.25) is 0 Å². The van der Waals surface area contributed by atoms with Crippen LogP contribution in [0.4, 0.5) is 8.78 Å². The minimum atomic E-state index is -4.00. The van der Waals surface area contributed by atoms with E-state index in [1.54, 1.807) is 12.1 Å². The smallest absolute Gasteiger partial charge is 0.333 e. The summed E-state index contributed by atoms with van der Waals surface area (Å²) in [7, 11) is -2.47. The average Bonchev–Trinajstić information content (AvgIpc) is 2.96. The standard InChI is InChI=1S/C15H17F2N3O4S/c1-9-13(7-18-20(9)15(16)17)25(21,22)19-11-6-10-4-3-5-12(23-2)14(10)24-8-11/h3-5,7,11,15,19H,6,8H2,1-2H3. The Bertz CT molecular complexity index is 883. The highest BCUT2D eigenvalue weighted by Gasteiger charge is 2.29. The molecule has 0 amide bonds. The molecule has 0 saturated carbocycles. The fourth-order valence-corrected chi connectivity index (χ4v) is 4.17. The van der Waals surface area contributed by atoms with Crippen molar-refractivity contribution in [1.82, 2.24) is 14.5 Å². The van der Waals surface area contributed by atoms with Crippen molar-refractivity contribution in [2.75, 3.05) is 13.7 Å². The number of ether oxygens (including phenoxy) is 2. The number of benzene rings is 1. The van der Waals surface area contributed by atoms with Crippen molar-refractivity contribution in [2.45, 2.75) is 30.8 Å². The Hall–Kier alpha value is -2.20. The molecule has 1 atom stereocenters. The number of alkyl halides is 2. The number of sulfonamides is 1. The molecule has 0 radical (unpaired) electrons. The monoisotopic (exact) mass is 373 g/mol. The molecule has 1 aromatic heterocycles. The lowest BCUT2D eigenvalue weighted by atomic mass is 10.0. The minimum absolute atomic E-state index is 0.106. The van der Waals surface area contributed by atoms with Gasteiger partial charge in [0.1, 0.15) is 11.5 Å². The number of hydrogen-bond donors (Lipinski definition) is 1. The van der Waals surface area contributed by atoms with Crippen LogP contribution in [-0.2, 0) is 16.4 Å². The third-order valence-electron chi connectivity index (χ3n) is 3.97. The number of methoxy groups -OCH3 is 1. The van der Waals surface area contributed by atoms with Crippen LogP contribution in [0.5, 0.6) is 11.5 Å². The van der Waals surface area contributed by atoms with Crippen LogP contribution in [0.15, 0.2) is 29.3 Å². The topological polar surface area (TPSA) is 82.4 Å². The zero-order chi connectivity index (χ0) is 18.2. The molecule has 1 aliphatic rings. The van der Waals surface area contributed by atoms with E-state index >= 15 is 0 Å². The van der Waals surface area contributed by atoms with Gasteiger partial charge in [-0.1, -0.05) is 12.1 Å². The summed E-state index contributed by atoms with van der Waals surface area (Å²) in [6.45, 7) is -1.51. The van der Waals surface area contributed by atoms with Crippen molar-refractivity contribution in [2.24, 2.45) is 0 Å². The molecule has 0 aliphatic carbocycles. The fourth-order valence-electron chi connectivity index (χ4n) is 2.78. The molecule has 0 saturated heterocycles. The van der Waals surface area contributed by atoms with Gasteiger partial charge in [0.2, 0.25) is 10.0 Å². The first kappa shape index (κ1) is 17.6. The zero-order valence-electron chi connectivity index (χ0n) is 13.6. The van der Waals surface area contributed by atoms with Gasteiger partial charge in [-0.05, 0) is 25.0 Å². The number of para-hydroxylation sites is 1. The van der Waals surface area contributed by atoms with Crippen LogP contribution < -0.4 is 14.2 Å². The number of nitrogens with zero attached hydrogens (tertiary/aromatic N) is 2. The number of fused-ring (bicyclic) bond motifs is 1. The summed E-state index contributed by atoms with van der Waals surface area (Å²) in [5, 5.41) is 3.43. The summed E-state index contributed by atoms with van der Waals surface area (Å²) < 4.78 is 64.3. The summed E-state index contributed by atoms with van der Waals surface area (Å²) in [5.41, 5.74) is 0.680. The van der Waals surface area contributed by atoms with E-state index in [0.29, 0.717) is 22.6 Å². The molecule has 25 heavy (non-hydrogen) atoms. The van der Waals surface area contributed by atoms with Gasteiger partial charge in [0.25, 0.3) is 0 Å². The van der Waals surface area contributed by atoms with Crippen molar-refractivity contribution >= 4 is 10.0 Å². The van der Waals surface area contributed by atoms with E-state index in [0.717, 1.165) is 11.8 Å². The summed E-state index contributed by atoms with van der Waals surface area (Å²) >= 11 is 0. The first-order valence-electron chi connectivity index (χ1n) is 7.46. The Morgan fingerprint density at radius 3 is 2.84 bits per heavy atom. The molecule has 1 unspecified atom stereocenters. The van der Waals surface area contributed by atoms with Gasteiger partial charge in [-0.15, -0.1) is 0 Å². The van der Waals surface area contributed by atoms with Crippen LogP contribution in [0.25, 0.3) is 0 Å². The number of nitrogens with one attached hydrogen (secondary N) is 1. The molecule has 2 heterocycles. The Morgan fingerprint density at radius 2 is 2.20 bits per heavy atom. The lowest BCUT2D eigenvalue weighted by Gasteiger charge is -2.27. The van der Waals surface area contributed by atoms with E-state index < -0.39 is 22.6 Å². The molecule has 1 aliphatic heterocycles. The molecule has 1 N–H and O–H groups in total. The van der Waals surface area contributed by atoms with E-state index in [9.17, 15) is 17.2 Å². The van der Waals surface area contributed by atoms with E-state index in [1.165, 1.54) is 14.0 Å². The van der Waals surface area contributed by atoms with Crippen molar-refractivity contribution in [1.29, 1.82) is 0 Å². The highest BCUT2D eigenvalue weighted by atomic mass is 32.2. The fraction of sp³-hybridized carbons (Fsp3) is 0.400. The number of rotatable bonds is 5. The lowest BCUT2D eigenvalue weighted by Crippen LogP contribution is -2.42. The molecule has 1 aromatic carbocycles. The van der Waals surface area contributed by atoms with Gasteiger partial charge >= 0.3 is 6.55 Å². The Kier molecular flexibility index (Phi) is 4.65. The number of hydrogen-bond acceptors (Lipinski definition) is 5. The summed E-state index contributed by atoms with van der Waals surface area (Å²) in [4.78, 5) is -0.274. The van der Waals surface area contributed by atoms with Crippen LogP contribution >= 0.6 is 0 Å². The van der Waals surface area contributed by atoms with Crippen LogP contribution in [0.3, 0.4) is 0 Å². The molecule has 3 rings (SSSR count). The normalized spacial score (nSPS) is 17.2. The molecule has 136 valence electrons. The van der Waals surface area contributed by atoms with Gasteiger partial charge < -0.3 is 9.47 Å². The molecular formula is C15H17F2N3O4S. The zero-order valence-corrected chi connectivity index (χ0v) is 14.4. The van der Waals surface area contributed by atoms with Crippen LogP contribution in [0.2, 0.25) is 0 Å². The Morgan fingerprint density at radius 1 is 1.44 bits per heavy atom. The largest absolute Gasteiger partial charge is 0.493 e. The van der Waals surface area contributed by atoms with Crippen molar-refractivity contribution in [3.63, 3.8) is 0 Å². The molecular weight excluding hydrogens is 356 g/mol. The van der Waals surface area contributed by atoms with Gasteiger partial charge in [0.15, 0.2) is 11.5 Å². The number of halogens is 2. The van der Waals surface area contributed by atoms with Crippen LogP contribution in [-0.4, -0.2) is 38.0 Å². The highest BCUT2D eigenvalue weighted by molar-refractivity contribution is 7.89. The molecule has 10 heteroatoms. The van der Waals surface area contributed by atoms with Crippen molar-refractivity contribution in [3.05, 3.63) is 35.7 Å². The second-order valence-corrected chi connectivity index (χ2v) is 7.28. The number of aromatic nitrogens is 2. The van der Waals surface area contributed by atoms with Gasteiger partial charge in [0.05, 0.1) is 25.0 Å². The first-order valence-corrected chi connectivity index (χ1v) is 8.95. The van der Waals surface area contributed by atoms with Crippen molar-refractivity contribution < 1.29 is 26.7 Å². The lowest BCUT2D eigenvalue weighted by molar-refractivity contribution is 0.0541. The molecule has 0 fully saturated rings. The molecule has 7 nitrogen and oxygen atoms in total. The predicted molar refractivity (Wildman–Crippen MR) is 84.5 cm³/mol. The third kappa shape index (κ3) is 3.31. The Balaban J connectivity index is 1.81. The second kappa shape index (κ2) is 6.60. The SMILES string of the molecule is COc1cccc2c1OCC(NS(=O)(=O)c1cnn(C(F)F)c1C)C2. The van der Waals surface area contributed by atoms with Crippen LogP contribution in [0.1, 0.15) is 17.8 Å². The maximum atomic E-state index is 12.8. The van der Waals surface area contributed by atoms with Gasteiger partial charge in [-0.2, -0.15) is 13.9 Å². The van der Waals surface area contributed by atoms with E-state index in [4.69, 9.17) is 9.47 Å². The van der Waals surface area contributed by atoms with Crippen molar-refractivity contribution in [3.8, 4) is 11.5 Å². The van der Waals surface area contributed by atoms with E-state index in [-0.39, 0.29) is 17.2 Å². The summed E-state index contributed by atoms with van der Waals surface area (Å²) in [5.74, 6) is 1.16. The van der Waals surface area contributed by atoms with E-state index in [2.05, 4.69) is 9.82 Å². The third-order valence-corrected chi connectivity index (χ3v) is 5.59. The predicted octanol–water partition coefficient (Wildman–Crippen LogP) is 1.88.